The Kier molecular flexibility index (Phi) is 4.63. The Bertz CT molecular complexity index is 479. The fourth-order valence-electron chi connectivity index (χ4n) is 2.85. The Balaban J connectivity index is 2.10. The van der Waals surface area contributed by atoms with E-state index in [0.717, 1.165) is 38.1 Å². The van der Waals surface area contributed by atoms with Crippen LogP contribution in [-0.2, 0) is 12.6 Å². The molecular weight excluding hydrogens is 279 g/mol. The highest BCUT2D eigenvalue weighted by molar-refractivity contribution is 5.26. The summed E-state index contributed by atoms with van der Waals surface area (Å²) in [5.74, 6) is 0. The van der Waals surface area contributed by atoms with E-state index in [1.165, 1.54) is 6.07 Å². The zero-order valence-electron chi connectivity index (χ0n) is 12.5. The van der Waals surface area contributed by atoms with Crippen LogP contribution in [0.15, 0.2) is 24.3 Å². The van der Waals surface area contributed by atoms with E-state index in [9.17, 15) is 18.3 Å². The van der Waals surface area contributed by atoms with E-state index in [0.29, 0.717) is 5.56 Å². The number of likely N-dealkylation sites (tertiary alicyclic amines) is 1. The smallest absolute Gasteiger partial charge is 0.391 e. The summed E-state index contributed by atoms with van der Waals surface area (Å²) in [4.78, 5) is 2.21. The van der Waals surface area contributed by atoms with E-state index < -0.39 is 23.4 Å². The molecule has 1 atom stereocenters. The fourth-order valence-corrected chi connectivity index (χ4v) is 2.85. The van der Waals surface area contributed by atoms with Crippen molar-refractivity contribution in [2.24, 2.45) is 0 Å². The Morgan fingerprint density at radius 2 is 1.81 bits per heavy atom. The van der Waals surface area contributed by atoms with Crippen LogP contribution in [-0.4, -0.2) is 34.7 Å². The average Bonchev–Trinajstić information content (AvgIpc) is 2.92. The highest BCUT2D eigenvalue weighted by Gasteiger charge is 2.36. The minimum absolute atomic E-state index is 0.230. The number of nitrogens with zero attached hydrogens (tertiary/aromatic N) is 1. The molecule has 1 heterocycles. The second kappa shape index (κ2) is 5.97. The molecule has 0 bridgehead atoms. The molecule has 0 amide bonds. The number of aliphatic hydroxyl groups excluding tert-OH is 1. The average molecular weight is 301 g/mol. The molecule has 0 spiro atoms. The maximum Gasteiger partial charge on any atom is 0.416 e. The van der Waals surface area contributed by atoms with Gasteiger partial charge in [0.15, 0.2) is 0 Å². The van der Waals surface area contributed by atoms with Gasteiger partial charge in [0.05, 0.1) is 11.7 Å². The molecule has 1 aliphatic rings. The summed E-state index contributed by atoms with van der Waals surface area (Å²) in [7, 11) is 0. The molecule has 1 aromatic rings. The second-order valence-electron chi connectivity index (χ2n) is 6.27. The van der Waals surface area contributed by atoms with Crippen LogP contribution >= 0.6 is 0 Å². The van der Waals surface area contributed by atoms with Crippen LogP contribution in [0.4, 0.5) is 13.2 Å². The summed E-state index contributed by atoms with van der Waals surface area (Å²) in [6.45, 7) is 5.78. The third-order valence-electron chi connectivity index (χ3n) is 4.42. The van der Waals surface area contributed by atoms with Crippen molar-refractivity contribution in [2.45, 2.75) is 50.9 Å². The Labute approximate surface area is 123 Å². The van der Waals surface area contributed by atoms with E-state index in [2.05, 4.69) is 4.90 Å². The number of alkyl halides is 3. The van der Waals surface area contributed by atoms with Gasteiger partial charge in [-0.3, -0.25) is 4.90 Å². The van der Waals surface area contributed by atoms with Gasteiger partial charge in [-0.15, -0.1) is 0 Å². The number of hydrogen-bond acceptors (Lipinski definition) is 2. The number of hydrogen-bond donors (Lipinski definition) is 1. The number of aliphatic hydroxyl groups is 1. The number of halogens is 3. The van der Waals surface area contributed by atoms with Crippen LogP contribution in [0.3, 0.4) is 0 Å². The van der Waals surface area contributed by atoms with Crippen molar-refractivity contribution in [3.05, 3.63) is 35.4 Å². The summed E-state index contributed by atoms with van der Waals surface area (Å²) in [5, 5.41) is 10.5. The summed E-state index contributed by atoms with van der Waals surface area (Å²) in [5.41, 5.74) is -0.569. The minimum atomic E-state index is -4.34. The van der Waals surface area contributed by atoms with Gasteiger partial charge in [0, 0.05) is 12.0 Å². The van der Waals surface area contributed by atoms with E-state index in [1.54, 1.807) is 6.07 Å². The largest absolute Gasteiger partial charge is 0.416 e. The predicted octanol–water partition coefficient (Wildman–Crippen LogP) is 3.48. The fraction of sp³-hybridized carbons (Fsp3) is 0.625. The van der Waals surface area contributed by atoms with Crippen molar-refractivity contribution in [1.82, 2.24) is 4.90 Å². The van der Waals surface area contributed by atoms with Crippen molar-refractivity contribution in [3.63, 3.8) is 0 Å². The quantitative estimate of drug-likeness (QED) is 0.920. The lowest BCUT2D eigenvalue weighted by atomic mass is 9.90. The van der Waals surface area contributed by atoms with Crippen molar-refractivity contribution in [3.8, 4) is 0 Å². The first kappa shape index (κ1) is 16.3. The van der Waals surface area contributed by atoms with E-state index in [-0.39, 0.29) is 6.42 Å². The number of rotatable bonds is 4. The zero-order chi connectivity index (χ0) is 15.7. The Morgan fingerprint density at radius 1 is 1.19 bits per heavy atom. The van der Waals surface area contributed by atoms with Crippen LogP contribution in [0.2, 0.25) is 0 Å². The van der Waals surface area contributed by atoms with Gasteiger partial charge >= 0.3 is 6.18 Å². The molecule has 1 saturated heterocycles. The third kappa shape index (κ3) is 3.77. The SMILES string of the molecule is CC(C)(C(O)Cc1cccc(C(F)(F)F)c1)N1CCCC1. The molecule has 1 N–H and O–H groups in total. The Morgan fingerprint density at radius 3 is 2.38 bits per heavy atom. The first-order valence-electron chi connectivity index (χ1n) is 7.30. The first-order chi connectivity index (χ1) is 9.71. The van der Waals surface area contributed by atoms with Crippen molar-refractivity contribution in [1.29, 1.82) is 0 Å². The van der Waals surface area contributed by atoms with Gasteiger partial charge in [0.25, 0.3) is 0 Å². The van der Waals surface area contributed by atoms with Crippen molar-refractivity contribution < 1.29 is 18.3 Å². The third-order valence-corrected chi connectivity index (χ3v) is 4.42. The summed E-state index contributed by atoms with van der Waals surface area (Å²) in [6.07, 6.45) is -2.59. The van der Waals surface area contributed by atoms with Crippen LogP contribution in [0.5, 0.6) is 0 Å². The topological polar surface area (TPSA) is 23.5 Å². The highest BCUT2D eigenvalue weighted by atomic mass is 19.4. The molecule has 1 aromatic carbocycles. The lowest BCUT2D eigenvalue weighted by Gasteiger charge is -2.39. The molecule has 0 aromatic heterocycles. The standard InChI is InChI=1S/C16H22F3NO/c1-15(2,20-8-3-4-9-20)14(21)11-12-6-5-7-13(10-12)16(17,18)19/h5-7,10,14,21H,3-4,8-9,11H2,1-2H3. The maximum absolute atomic E-state index is 12.7. The zero-order valence-corrected chi connectivity index (χ0v) is 12.5. The van der Waals surface area contributed by atoms with Crippen LogP contribution in [0.1, 0.15) is 37.8 Å². The van der Waals surface area contributed by atoms with Crippen LogP contribution in [0, 0.1) is 0 Å². The second-order valence-corrected chi connectivity index (χ2v) is 6.27. The van der Waals surface area contributed by atoms with E-state index in [1.807, 2.05) is 13.8 Å². The molecule has 1 aliphatic heterocycles. The van der Waals surface area contributed by atoms with Gasteiger partial charge in [-0.2, -0.15) is 13.2 Å². The van der Waals surface area contributed by atoms with E-state index >= 15 is 0 Å². The van der Waals surface area contributed by atoms with Gasteiger partial charge in [-0.25, -0.2) is 0 Å². The predicted molar refractivity (Wildman–Crippen MR) is 76.0 cm³/mol. The van der Waals surface area contributed by atoms with Gasteiger partial charge in [0.2, 0.25) is 0 Å². The maximum atomic E-state index is 12.7. The Hall–Kier alpha value is -1.07. The molecule has 1 unspecified atom stereocenters. The van der Waals surface area contributed by atoms with Crippen LogP contribution in [0.25, 0.3) is 0 Å². The lowest BCUT2D eigenvalue weighted by molar-refractivity contribution is -0.137. The summed E-state index contributed by atoms with van der Waals surface area (Å²) >= 11 is 0. The molecule has 0 saturated carbocycles. The monoisotopic (exact) mass is 301 g/mol. The van der Waals surface area contributed by atoms with Crippen LogP contribution < -0.4 is 0 Å². The highest BCUT2D eigenvalue weighted by Crippen LogP contribution is 2.31. The molecule has 5 heteroatoms. The van der Waals surface area contributed by atoms with Gasteiger partial charge < -0.3 is 5.11 Å². The normalized spacial score (nSPS) is 19.0. The summed E-state index contributed by atoms with van der Waals surface area (Å²) in [6, 6.07) is 5.22. The molecule has 2 nitrogen and oxygen atoms in total. The lowest BCUT2D eigenvalue weighted by Crippen LogP contribution is -2.51. The minimum Gasteiger partial charge on any atom is -0.391 e. The molecule has 21 heavy (non-hydrogen) atoms. The molecular formula is C16H22F3NO. The van der Waals surface area contributed by atoms with Crippen molar-refractivity contribution >= 4 is 0 Å². The van der Waals surface area contributed by atoms with E-state index in [4.69, 9.17) is 0 Å². The summed E-state index contributed by atoms with van der Waals surface area (Å²) < 4.78 is 38.1. The molecule has 118 valence electrons. The molecule has 0 radical (unpaired) electrons. The van der Waals surface area contributed by atoms with Gasteiger partial charge in [-0.05, 0) is 51.4 Å². The first-order valence-corrected chi connectivity index (χ1v) is 7.30. The molecule has 2 rings (SSSR count). The van der Waals surface area contributed by atoms with Gasteiger partial charge in [0.1, 0.15) is 0 Å². The van der Waals surface area contributed by atoms with Crippen molar-refractivity contribution in [2.75, 3.05) is 13.1 Å². The molecule has 0 aliphatic carbocycles. The van der Waals surface area contributed by atoms with Gasteiger partial charge in [-0.1, -0.05) is 18.2 Å². The number of benzene rings is 1. The molecule has 1 fully saturated rings.